The molecule has 0 radical (unpaired) electrons. The van der Waals surface area contributed by atoms with Gasteiger partial charge in [0.25, 0.3) is 0 Å². The molecule has 0 spiro atoms. The van der Waals surface area contributed by atoms with Crippen LogP contribution in [-0.2, 0) is 9.53 Å². The SMILES string of the molecule is N#CC(Br)(Br)CC1(Br)CC(=O)O1. The zero-order chi connectivity index (χ0) is 9.41. The number of nitrogens with zero attached hydrogens (tertiary/aromatic N) is 1. The minimum Gasteiger partial charge on any atom is -0.446 e. The molecular formula is C6H4Br3NO2. The molecular weight excluding hydrogens is 358 g/mol. The van der Waals surface area contributed by atoms with Crippen molar-refractivity contribution in [2.75, 3.05) is 0 Å². The Balaban J connectivity index is 2.53. The number of ether oxygens (including phenoxy) is 1. The highest BCUT2D eigenvalue weighted by atomic mass is 79.9. The van der Waals surface area contributed by atoms with Gasteiger partial charge in [-0.05, 0) is 15.9 Å². The summed E-state index contributed by atoms with van der Waals surface area (Å²) in [5, 5.41) is 8.64. The highest BCUT2D eigenvalue weighted by Crippen LogP contribution is 2.45. The molecule has 0 N–H and O–H groups in total. The van der Waals surface area contributed by atoms with Crippen molar-refractivity contribution < 1.29 is 9.53 Å². The van der Waals surface area contributed by atoms with Gasteiger partial charge in [-0.2, -0.15) is 5.26 Å². The van der Waals surface area contributed by atoms with Gasteiger partial charge in [0.15, 0.2) is 7.74 Å². The Hall–Kier alpha value is 0.400. The Morgan fingerprint density at radius 2 is 2.25 bits per heavy atom. The van der Waals surface area contributed by atoms with Gasteiger partial charge in [-0.15, -0.1) is 0 Å². The molecule has 1 aliphatic rings. The molecule has 0 aromatic carbocycles. The van der Waals surface area contributed by atoms with Gasteiger partial charge in [0.1, 0.15) is 0 Å². The first-order chi connectivity index (χ1) is 5.37. The smallest absolute Gasteiger partial charge is 0.312 e. The molecule has 0 bridgehead atoms. The first-order valence-corrected chi connectivity index (χ1v) is 5.45. The Kier molecular flexibility index (Phi) is 2.86. The van der Waals surface area contributed by atoms with E-state index in [0.29, 0.717) is 12.8 Å². The van der Waals surface area contributed by atoms with E-state index in [1.54, 1.807) is 0 Å². The van der Waals surface area contributed by atoms with Crippen LogP contribution >= 0.6 is 47.8 Å². The van der Waals surface area contributed by atoms with Gasteiger partial charge in [0, 0.05) is 6.42 Å². The van der Waals surface area contributed by atoms with Crippen molar-refractivity contribution >= 4 is 53.8 Å². The summed E-state index contributed by atoms with van der Waals surface area (Å²) in [5.74, 6) is -0.249. The molecule has 1 atom stereocenters. The third-order valence-corrected chi connectivity index (χ3v) is 2.99. The maximum absolute atomic E-state index is 10.5. The number of carbonyl (C=O) groups excluding carboxylic acids is 1. The predicted molar refractivity (Wildman–Crippen MR) is 53.2 cm³/mol. The van der Waals surface area contributed by atoms with E-state index in [9.17, 15) is 4.79 Å². The van der Waals surface area contributed by atoms with Crippen LogP contribution in [0.2, 0.25) is 0 Å². The van der Waals surface area contributed by atoms with Gasteiger partial charge >= 0.3 is 5.97 Å². The van der Waals surface area contributed by atoms with Crippen LogP contribution in [0.4, 0.5) is 0 Å². The Morgan fingerprint density at radius 3 is 2.58 bits per heavy atom. The molecule has 1 aliphatic heterocycles. The molecule has 0 aliphatic carbocycles. The largest absolute Gasteiger partial charge is 0.446 e. The van der Waals surface area contributed by atoms with Crippen LogP contribution in [-0.4, -0.2) is 13.7 Å². The fourth-order valence-corrected chi connectivity index (χ4v) is 3.37. The quantitative estimate of drug-likeness (QED) is 0.560. The zero-order valence-electron chi connectivity index (χ0n) is 5.81. The second-order valence-corrected chi connectivity index (χ2v) is 7.74. The predicted octanol–water partition coefficient (Wildman–Crippen LogP) is 2.42. The second-order valence-electron chi connectivity index (χ2n) is 2.53. The number of halogens is 3. The van der Waals surface area contributed by atoms with E-state index in [4.69, 9.17) is 10.00 Å². The van der Waals surface area contributed by atoms with E-state index in [-0.39, 0.29) is 5.97 Å². The van der Waals surface area contributed by atoms with E-state index >= 15 is 0 Å². The zero-order valence-corrected chi connectivity index (χ0v) is 10.6. The standard InChI is InChI=1S/C6H4Br3NO2/c7-5(8,3-10)2-6(9)1-4(11)12-6/h1-2H2. The van der Waals surface area contributed by atoms with Crippen molar-refractivity contribution in [2.45, 2.75) is 20.6 Å². The summed E-state index contributed by atoms with van der Waals surface area (Å²) in [5.41, 5.74) is 0. The van der Waals surface area contributed by atoms with Crippen molar-refractivity contribution in [1.29, 1.82) is 5.26 Å². The summed E-state index contributed by atoms with van der Waals surface area (Å²) in [6, 6.07) is 1.99. The lowest BCUT2D eigenvalue weighted by Gasteiger charge is -2.37. The molecule has 1 fully saturated rings. The fraction of sp³-hybridized carbons (Fsp3) is 0.667. The molecule has 66 valence electrons. The van der Waals surface area contributed by atoms with Crippen molar-refractivity contribution in [3.8, 4) is 6.07 Å². The molecule has 1 unspecified atom stereocenters. The minimum atomic E-state index is -0.829. The van der Waals surface area contributed by atoms with Crippen molar-refractivity contribution in [3.63, 3.8) is 0 Å². The third kappa shape index (κ3) is 2.44. The Labute approximate surface area is 94.8 Å². The van der Waals surface area contributed by atoms with Gasteiger partial charge in [0.2, 0.25) is 0 Å². The third-order valence-electron chi connectivity index (χ3n) is 1.35. The molecule has 1 rings (SSSR count). The number of hydrogen-bond donors (Lipinski definition) is 0. The van der Waals surface area contributed by atoms with E-state index in [2.05, 4.69) is 47.8 Å². The molecule has 6 heteroatoms. The molecule has 0 amide bonds. The van der Waals surface area contributed by atoms with Crippen molar-refractivity contribution in [3.05, 3.63) is 0 Å². The van der Waals surface area contributed by atoms with Crippen LogP contribution in [0, 0.1) is 11.3 Å². The lowest BCUT2D eigenvalue weighted by atomic mass is 10.1. The van der Waals surface area contributed by atoms with Crippen molar-refractivity contribution in [1.82, 2.24) is 0 Å². The summed E-state index contributed by atoms with van der Waals surface area (Å²) in [6.07, 6.45) is 0.663. The lowest BCUT2D eigenvalue weighted by Crippen LogP contribution is -2.45. The van der Waals surface area contributed by atoms with Gasteiger partial charge in [-0.25, -0.2) is 0 Å². The topological polar surface area (TPSA) is 50.1 Å². The number of hydrogen-bond acceptors (Lipinski definition) is 3. The van der Waals surface area contributed by atoms with E-state index < -0.39 is 7.74 Å². The molecule has 1 saturated heterocycles. The monoisotopic (exact) mass is 359 g/mol. The van der Waals surface area contributed by atoms with Crippen LogP contribution in [0.1, 0.15) is 12.8 Å². The fourth-order valence-electron chi connectivity index (χ4n) is 0.881. The molecule has 1 heterocycles. The number of nitriles is 1. The number of esters is 1. The number of carbonyl (C=O) groups is 1. The molecule has 12 heavy (non-hydrogen) atoms. The van der Waals surface area contributed by atoms with Crippen molar-refractivity contribution in [2.24, 2.45) is 0 Å². The Bertz CT molecular complexity index is 250. The lowest BCUT2D eigenvalue weighted by molar-refractivity contribution is -0.174. The van der Waals surface area contributed by atoms with Crippen LogP contribution in [0.3, 0.4) is 0 Å². The molecule has 0 aromatic heterocycles. The number of alkyl halides is 3. The maximum atomic E-state index is 10.5. The first kappa shape index (κ1) is 10.5. The number of rotatable bonds is 2. The average Bonchev–Trinajstić information content (AvgIpc) is 1.83. The van der Waals surface area contributed by atoms with Crippen LogP contribution < -0.4 is 0 Å². The highest BCUT2D eigenvalue weighted by Gasteiger charge is 2.48. The van der Waals surface area contributed by atoms with Crippen LogP contribution in [0.15, 0.2) is 0 Å². The highest BCUT2D eigenvalue weighted by molar-refractivity contribution is 9.25. The van der Waals surface area contributed by atoms with Crippen LogP contribution in [0.5, 0.6) is 0 Å². The van der Waals surface area contributed by atoms with Gasteiger partial charge in [0.05, 0.1) is 12.5 Å². The van der Waals surface area contributed by atoms with Gasteiger partial charge in [-0.1, -0.05) is 31.9 Å². The van der Waals surface area contributed by atoms with Gasteiger partial charge < -0.3 is 4.74 Å². The summed E-state index contributed by atoms with van der Waals surface area (Å²) < 4.78 is 3.33. The summed E-state index contributed by atoms with van der Waals surface area (Å²) in [4.78, 5) is 10.5. The molecule has 0 saturated carbocycles. The minimum absolute atomic E-state index is 0.249. The van der Waals surface area contributed by atoms with E-state index in [1.807, 2.05) is 6.07 Å². The normalized spacial score (nSPS) is 28.7. The second kappa shape index (κ2) is 3.28. The number of cyclic esters (lactones) is 1. The maximum Gasteiger partial charge on any atom is 0.312 e. The van der Waals surface area contributed by atoms with E-state index in [0.717, 1.165) is 0 Å². The molecule has 3 nitrogen and oxygen atoms in total. The summed E-state index contributed by atoms with van der Waals surface area (Å²) in [7, 11) is 0. The van der Waals surface area contributed by atoms with Gasteiger partial charge in [-0.3, -0.25) is 4.79 Å². The summed E-state index contributed by atoms with van der Waals surface area (Å²) >= 11 is 9.52. The molecule has 0 aromatic rings. The van der Waals surface area contributed by atoms with Crippen LogP contribution in [0.25, 0.3) is 0 Å². The van der Waals surface area contributed by atoms with E-state index in [1.165, 1.54) is 0 Å². The average molecular weight is 362 g/mol. The first-order valence-electron chi connectivity index (χ1n) is 3.07. The Morgan fingerprint density at radius 1 is 1.75 bits per heavy atom. The summed E-state index contributed by atoms with van der Waals surface area (Å²) in [6.45, 7) is 0.